The number of carbonyl (C=O) groups is 2. The van der Waals surface area contributed by atoms with Gasteiger partial charge in [-0.2, -0.15) is 0 Å². The van der Waals surface area contributed by atoms with Crippen molar-refractivity contribution in [3.63, 3.8) is 0 Å². The quantitative estimate of drug-likeness (QED) is 0.0498. The number of rotatable bonds is 22. The van der Waals surface area contributed by atoms with E-state index < -0.39 is 15.6 Å². The monoisotopic (exact) mass is 1010 g/mol. The van der Waals surface area contributed by atoms with Crippen LogP contribution in [0.25, 0.3) is 0 Å². The molecule has 1 rings (SSSR count). The number of phosphoric ester groups is 2. The summed E-state index contributed by atoms with van der Waals surface area (Å²) >= 11 is 3.33. The zero-order valence-corrected chi connectivity index (χ0v) is 41.7. The molecule has 62 heavy (non-hydrogen) atoms. The highest BCUT2D eigenvalue weighted by atomic mass is 79.9. The van der Waals surface area contributed by atoms with Gasteiger partial charge in [0.1, 0.15) is 26.3 Å². The fraction of sp³-hybridized carbons (Fsp3) is 0.949. The smallest absolute Gasteiger partial charge is 0.305 e. The summed E-state index contributed by atoms with van der Waals surface area (Å²) in [5, 5.41) is 1.02. The maximum atomic E-state index is 11.4. The lowest BCUT2D eigenvalue weighted by Crippen LogP contribution is -2.38. The molecule has 0 aromatic heterocycles. The van der Waals surface area contributed by atoms with Crippen molar-refractivity contribution in [2.24, 2.45) is 0 Å². The zero-order valence-electron chi connectivity index (χ0n) is 38.3. The van der Waals surface area contributed by atoms with Gasteiger partial charge in [-0.3, -0.25) is 14.2 Å². The molecule has 0 spiro atoms. The van der Waals surface area contributed by atoms with Crippen LogP contribution < -0.4 is 14.7 Å². The first-order chi connectivity index (χ1) is 28.7. The number of quaternary nitrogens is 2. The lowest BCUT2D eigenvalue weighted by atomic mass is 10.2. The van der Waals surface area contributed by atoms with Crippen LogP contribution in [-0.2, 0) is 70.2 Å². The number of carbonyl (C=O) groups excluding carboxylic acids is 2. The molecule has 1 fully saturated rings. The molecular weight excluding hydrogens is 926 g/mol. The van der Waals surface area contributed by atoms with E-state index in [1.807, 2.05) is 49.2 Å². The molecule has 0 aromatic rings. The van der Waals surface area contributed by atoms with Gasteiger partial charge in [-0.1, -0.05) is 36.2 Å². The summed E-state index contributed by atoms with van der Waals surface area (Å²) in [7, 11) is 2.51. The molecule has 23 heteroatoms. The molecule has 1 unspecified atom stereocenters. The standard InChI is InChI=1S/C13H28NO6P.C12H24O6.C8H15BrO2.C5H14NO4P.CH4/c1-5-18-13(15)9-7-6-8-11-19-21(16,17)20-12-10-14(2,3)4;1-2-14-5-6-16-9-10-18-12-11-17-8-7-15-4-3-13-1;1-2-11-8(10)6-4-3-5-7-9;1-6(2,3)4-5-10-11(7,8)9;/h5-12H2,1-4H3;1-12H2;2-7H2,1H3;4-5H2,1-3H3,(H-,7,8,9);1H4/p-1. The van der Waals surface area contributed by atoms with E-state index in [0.29, 0.717) is 147 Å². The first kappa shape index (κ1) is 67.9. The minimum Gasteiger partial charge on any atom is -0.790 e. The normalized spacial score (nSPS) is 16.1. The number of unbranched alkanes of at least 4 members (excludes halogenated alkanes) is 4. The Morgan fingerprint density at radius 3 is 1.11 bits per heavy atom. The summed E-state index contributed by atoms with van der Waals surface area (Å²) in [5.74, 6) is -0.293. The third-order valence-electron chi connectivity index (χ3n) is 7.15. The fourth-order valence-corrected chi connectivity index (χ4v) is 5.38. The van der Waals surface area contributed by atoms with Crippen LogP contribution in [0.4, 0.5) is 0 Å². The average Bonchev–Trinajstić information content (AvgIpc) is 3.14. The van der Waals surface area contributed by atoms with Gasteiger partial charge >= 0.3 is 11.9 Å². The summed E-state index contributed by atoms with van der Waals surface area (Å²) in [4.78, 5) is 53.2. The van der Waals surface area contributed by atoms with Crippen molar-refractivity contribution in [3.8, 4) is 0 Å². The maximum absolute atomic E-state index is 11.4. The molecular formula is C39H84BrN2O18P2-. The van der Waals surface area contributed by atoms with Gasteiger partial charge in [-0.05, 0) is 39.5 Å². The summed E-state index contributed by atoms with van der Waals surface area (Å²) in [6.07, 6.45) is 6.04. The van der Waals surface area contributed by atoms with Crippen LogP contribution in [0.5, 0.6) is 0 Å². The third kappa shape index (κ3) is 65.9. The fourth-order valence-electron chi connectivity index (χ4n) is 3.94. The van der Waals surface area contributed by atoms with Gasteiger partial charge in [0.25, 0.3) is 7.82 Å². The van der Waals surface area contributed by atoms with Crippen LogP contribution in [0.1, 0.15) is 72.6 Å². The molecule has 0 aromatic carbocycles. The van der Waals surface area contributed by atoms with Crippen molar-refractivity contribution in [2.45, 2.75) is 72.6 Å². The van der Waals surface area contributed by atoms with Gasteiger partial charge in [0.2, 0.25) is 0 Å². The Morgan fingerprint density at radius 1 is 0.516 bits per heavy atom. The van der Waals surface area contributed by atoms with Crippen molar-refractivity contribution >= 4 is 43.5 Å². The summed E-state index contributed by atoms with van der Waals surface area (Å²) in [6, 6.07) is 0. The van der Waals surface area contributed by atoms with Crippen LogP contribution in [0, 0.1) is 0 Å². The van der Waals surface area contributed by atoms with Crippen molar-refractivity contribution < 1.29 is 93.8 Å². The topological polar surface area (TPSA) is 239 Å². The van der Waals surface area contributed by atoms with Gasteiger partial charge in [-0.15, -0.1) is 0 Å². The number of likely N-dealkylation sites (N-methyl/N-ethyl adjacent to an activating group) is 2. The van der Waals surface area contributed by atoms with Crippen LogP contribution in [-0.4, -0.2) is 194 Å². The van der Waals surface area contributed by atoms with Gasteiger partial charge in [0, 0.05) is 18.2 Å². The van der Waals surface area contributed by atoms with Crippen molar-refractivity contribution in [3.05, 3.63) is 0 Å². The lowest BCUT2D eigenvalue weighted by Gasteiger charge is -2.31. The van der Waals surface area contributed by atoms with E-state index in [1.54, 1.807) is 6.92 Å². The average molecular weight is 1010 g/mol. The number of hydrogen-bond donors (Lipinski definition) is 0. The van der Waals surface area contributed by atoms with E-state index in [9.17, 15) is 33.4 Å². The minimum absolute atomic E-state index is 0. The number of halogens is 1. The Morgan fingerprint density at radius 2 is 0.823 bits per heavy atom. The maximum Gasteiger partial charge on any atom is 0.305 e. The van der Waals surface area contributed by atoms with E-state index in [4.69, 9.17) is 46.9 Å². The Labute approximate surface area is 381 Å². The molecule has 1 saturated heterocycles. The Hall–Kier alpha value is -0.680. The van der Waals surface area contributed by atoms with E-state index in [1.165, 1.54) is 0 Å². The van der Waals surface area contributed by atoms with Crippen molar-refractivity contribution in [1.29, 1.82) is 0 Å². The number of ether oxygens (including phenoxy) is 8. The predicted octanol–water partition coefficient (Wildman–Crippen LogP) is 3.10. The molecule has 0 aliphatic carbocycles. The first-order valence-electron chi connectivity index (χ1n) is 20.9. The molecule has 0 radical (unpaired) electrons. The van der Waals surface area contributed by atoms with Crippen molar-refractivity contribution in [1.82, 2.24) is 0 Å². The highest BCUT2D eigenvalue weighted by molar-refractivity contribution is 9.09. The summed E-state index contributed by atoms with van der Waals surface area (Å²) in [5.41, 5.74) is 0. The molecule has 0 bridgehead atoms. The second-order valence-electron chi connectivity index (χ2n) is 15.0. The van der Waals surface area contributed by atoms with E-state index in [-0.39, 0.29) is 39.2 Å². The van der Waals surface area contributed by atoms with Gasteiger partial charge in [0.15, 0.2) is 0 Å². The van der Waals surface area contributed by atoms with Gasteiger partial charge in [0.05, 0.1) is 149 Å². The highest BCUT2D eigenvalue weighted by Gasteiger charge is 2.13. The SMILES string of the molecule is C.C1COCCOCCOCCOCCOCCO1.CCOC(=O)CCCCCBr.CCOC(=O)CCCCCOP(=O)([O-])OCC[N+](C)(C)C.C[N+](C)(C)CCOP(=O)([O-])[O-]. The Kier molecular flexibility index (Phi) is 49.8. The number of phosphoric acid groups is 2. The lowest BCUT2D eigenvalue weighted by molar-refractivity contribution is -0.870. The zero-order chi connectivity index (χ0) is 46.7. The number of hydrogen-bond acceptors (Lipinski definition) is 18. The van der Waals surface area contributed by atoms with Crippen LogP contribution in [0.2, 0.25) is 0 Å². The van der Waals surface area contributed by atoms with Crippen molar-refractivity contribution in [2.75, 3.05) is 173 Å². The predicted molar refractivity (Wildman–Crippen MR) is 235 cm³/mol. The van der Waals surface area contributed by atoms with E-state index in [0.717, 1.165) is 24.6 Å². The largest absolute Gasteiger partial charge is 0.790 e. The minimum atomic E-state index is -4.76. The van der Waals surface area contributed by atoms with Gasteiger partial charge < -0.3 is 79.7 Å². The van der Waals surface area contributed by atoms with Gasteiger partial charge in [-0.25, -0.2) is 0 Å². The number of alkyl halides is 1. The Balaban J connectivity index is -0.000000374. The van der Waals surface area contributed by atoms with Crippen LogP contribution in [0.3, 0.4) is 0 Å². The molecule has 0 N–H and O–H groups in total. The molecule has 0 amide bonds. The second kappa shape index (κ2) is 45.5. The molecule has 376 valence electrons. The van der Waals surface area contributed by atoms with Crippen LogP contribution in [0.15, 0.2) is 0 Å². The summed E-state index contributed by atoms with van der Waals surface area (Å²) in [6.45, 7) is 12.7. The highest BCUT2D eigenvalue weighted by Crippen LogP contribution is 2.38. The molecule has 0 saturated carbocycles. The van der Waals surface area contributed by atoms with Crippen LogP contribution >= 0.6 is 31.6 Å². The molecule has 1 aliphatic rings. The summed E-state index contributed by atoms with van der Waals surface area (Å²) < 4.78 is 77.7. The molecule has 1 heterocycles. The Bertz CT molecular complexity index is 1020. The third-order valence-corrected chi connectivity index (χ3v) is 9.21. The number of nitrogens with zero attached hydrogens (tertiary/aromatic N) is 2. The second-order valence-corrected chi connectivity index (χ2v) is 18.4. The first-order valence-corrected chi connectivity index (χ1v) is 24.9. The number of esters is 2. The van der Waals surface area contributed by atoms with E-state index in [2.05, 4.69) is 20.5 Å². The molecule has 1 aliphatic heterocycles. The molecule has 20 nitrogen and oxygen atoms in total. The molecule has 1 atom stereocenters. The van der Waals surface area contributed by atoms with E-state index >= 15 is 0 Å².